The minimum absolute atomic E-state index is 0.0164. The second-order valence-electron chi connectivity index (χ2n) is 7.23. The van der Waals surface area contributed by atoms with E-state index in [4.69, 9.17) is 0 Å². The molecule has 1 amide bonds. The maximum Gasteiger partial charge on any atom is 0.421 e. The molecule has 0 saturated carbocycles. The van der Waals surface area contributed by atoms with Crippen LogP contribution in [0.4, 0.5) is 40.8 Å². The van der Waals surface area contributed by atoms with Gasteiger partial charge in [0, 0.05) is 32.7 Å². The molecule has 1 aromatic carbocycles. The standard InChI is InChI=1S/C20H20F4N8O3S/c1-25-18(33)11-5-4-6-13(21)15(11)30-19-29-9-12(20(22,23)24)16(31-19)28-10-14-17(27-8-7-26-14)32(2)36(3,34)35/h4-9H,10H2,1-3H3,(H,25,33)(H2,28,29,30,31). The molecule has 192 valence electrons. The van der Waals surface area contributed by atoms with E-state index < -0.39 is 51.8 Å². The SMILES string of the molecule is CNC(=O)c1cccc(F)c1Nc1ncc(C(F)(F)F)c(NCc2nccnc2N(C)S(C)(=O)=O)n1. The zero-order valence-electron chi connectivity index (χ0n) is 19.1. The molecule has 0 unspecified atom stereocenters. The summed E-state index contributed by atoms with van der Waals surface area (Å²) in [5.41, 5.74) is -1.69. The molecular weight excluding hydrogens is 508 g/mol. The van der Waals surface area contributed by atoms with Gasteiger partial charge in [0.25, 0.3) is 5.91 Å². The minimum atomic E-state index is -4.86. The Bertz CT molecular complexity index is 1390. The van der Waals surface area contributed by atoms with E-state index in [0.29, 0.717) is 6.20 Å². The second-order valence-corrected chi connectivity index (χ2v) is 9.24. The lowest BCUT2D eigenvalue weighted by atomic mass is 10.1. The van der Waals surface area contributed by atoms with Gasteiger partial charge < -0.3 is 16.0 Å². The number of carbonyl (C=O) groups is 1. The van der Waals surface area contributed by atoms with E-state index in [2.05, 4.69) is 35.9 Å². The molecule has 0 fully saturated rings. The van der Waals surface area contributed by atoms with Crippen LogP contribution in [-0.2, 0) is 22.7 Å². The highest BCUT2D eigenvalue weighted by atomic mass is 32.2. The van der Waals surface area contributed by atoms with Crippen molar-refractivity contribution in [2.75, 3.05) is 35.3 Å². The van der Waals surface area contributed by atoms with Gasteiger partial charge >= 0.3 is 6.18 Å². The van der Waals surface area contributed by atoms with Crippen LogP contribution in [0.5, 0.6) is 0 Å². The van der Waals surface area contributed by atoms with Crippen molar-refractivity contribution < 1.29 is 30.8 Å². The Labute approximate surface area is 203 Å². The number of nitrogens with zero attached hydrogens (tertiary/aromatic N) is 5. The monoisotopic (exact) mass is 528 g/mol. The first-order valence-corrected chi connectivity index (χ1v) is 11.9. The molecule has 3 aromatic rings. The number of aromatic nitrogens is 4. The van der Waals surface area contributed by atoms with Crippen LogP contribution in [0.15, 0.2) is 36.8 Å². The molecule has 0 aliphatic rings. The van der Waals surface area contributed by atoms with Crippen molar-refractivity contribution in [1.29, 1.82) is 0 Å². The molecule has 0 radical (unpaired) electrons. The topological polar surface area (TPSA) is 142 Å². The molecule has 0 spiro atoms. The Kier molecular flexibility index (Phi) is 7.57. The molecule has 0 saturated heterocycles. The van der Waals surface area contributed by atoms with Gasteiger partial charge in [-0.25, -0.2) is 22.8 Å². The zero-order valence-corrected chi connectivity index (χ0v) is 19.9. The number of sulfonamides is 1. The Morgan fingerprint density at radius 3 is 2.47 bits per heavy atom. The van der Waals surface area contributed by atoms with Gasteiger partial charge in [-0.2, -0.15) is 18.2 Å². The average Bonchev–Trinajstić information content (AvgIpc) is 2.82. The smallest absolute Gasteiger partial charge is 0.364 e. The second kappa shape index (κ2) is 10.3. The number of hydrogen-bond donors (Lipinski definition) is 3. The van der Waals surface area contributed by atoms with Crippen LogP contribution in [0.1, 0.15) is 21.6 Å². The van der Waals surface area contributed by atoms with Crippen LogP contribution < -0.4 is 20.3 Å². The predicted octanol–water partition coefficient (Wildman–Crippen LogP) is 2.54. The number of alkyl halides is 3. The van der Waals surface area contributed by atoms with Crippen LogP contribution in [0.2, 0.25) is 0 Å². The third-order valence-corrected chi connectivity index (χ3v) is 5.96. The van der Waals surface area contributed by atoms with Crippen LogP contribution in [0, 0.1) is 5.82 Å². The van der Waals surface area contributed by atoms with Crippen molar-refractivity contribution in [2.45, 2.75) is 12.7 Å². The Morgan fingerprint density at radius 2 is 1.83 bits per heavy atom. The summed E-state index contributed by atoms with van der Waals surface area (Å²) in [7, 11) is -1.19. The average molecular weight is 528 g/mol. The number of nitrogens with one attached hydrogen (secondary N) is 3. The fourth-order valence-electron chi connectivity index (χ4n) is 2.94. The van der Waals surface area contributed by atoms with E-state index in [0.717, 1.165) is 16.6 Å². The van der Waals surface area contributed by atoms with E-state index >= 15 is 0 Å². The van der Waals surface area contributed by atoms with E-state index in [9.17, 15) is 30.8 Å². The summed E-state index contributed by atoms with van der Waals surface area (Å²) < 4.78 is 79.8. The normalized spacial score (nSPS) is 11.6. The number of amides is 1. The van der Waals surface area contributed by atoms with Crippen molar-refractivity contribution in [3.63, 3.8) is 0 Å². The van der Waals surface area contributed by atoms with E-state index in [1.807, 2.05) is 0 Å². The molecule has 3 N–H and O–H groups in total. The van der Waals surface area contributed by atoms with Crippen LogP contribution in [-0.4, -0.2) is 54.6 Å². The van der Waals surface area contributed by atoms with Gasteiger partial charge in [0.2, 0.25) is 16.0 Å². The molecule has 2 heterocycles. The summed E-state index contributed by atoms with van der Waals surface area (Å²) in [4.78, 5) is 27.4. The van der Waals surface area contributed by atoms with Crippen LogP contribution in [0.25, 0.3) is 0 Å². The van der Waals surface area contributed by atoms with Gasteiger partial charge in [-0.1, -0.05) is 6.07 Å². The van der Waals surface area contributed by atoms with Gasteiger partial charge in [-0.3, -0.25) is 14.1 Å². The molecule has 16 heteroatoms. The summed E-state index contributed by atoms with van der Waals surface area (Å²) in [6, 6.07) is 3.64. The number of rotatable bonds is 8. The summed E-state index contributed by atoms with van der Waals surface area (Å²) in [6.45, 7) is -0.397. The minimum Gasteiger partial charge on any atom is -0.364 e. The quantitative estimate of drug-likeness (QED) is 0.376. The Morgan fingerprint density at radius 1 is 1.14 bits per heavy atom. The van der Waals surface area contributed by atoms with Crippen LogP contribution in [0.3, 0.4) is 0 Å². The third kappa shape index (κ3) is 5.94. The number of anilines is 4. The van der Waals surface area contributed by atoms with Gasteiger partial charge in [0.15, 0.2) is 5.82 Å². The van der Waals surface area contributed by atoms with E-state index in [1.54, 1.807) is 0 Å². The molecule has 11 nitrogen and oxygen atoms in total. The van der Waals surface area contributed by atoms with E-state index in [1.165, 1.54) is 38.6 Å². The summed E-state index contributed by atoms with van der Waals surface area (Å²) >= 11 is 0. The lowest BCUT2D eigenvalue weighted by molar-refractivity contribution is -0.137. The first kappa shape index (κ1) is 26.5. The number of carbonyl (C=O) groups excluding carboxylic acids is 1. The van der Waals surface area contributed by atoms with Crippen molar-refractivity contribution in [1.82, 2.24) is 25.3 Å². The fraction of sp³-hybridized carbons (Fsp3) is 0.250. The highest BCUT2D eigenvalue weighted by molar-refractivity contribution is 7.92. The van der Waals surface area contributed by atoms with Crippen LogP contribution >= 0.6 is 0 Å². The van der Waals surface area contributed by atoms with Gasteiger partial charge in [0.05, 0.1) is 24.1 Å². The van der Waals surface area contributed by atoms with Gasteiger partial charge in [-0.05, 0) is 12.1 Å². The molecule has 0 bridgehead atoms. The fourth-order valence-corrected chi connectivity index (χ4v) is 3.41. The molecule has 36 heavy (non-hydrogen) atoms. The molecule has 2 aromatic heterocycles. The van der Waals surface area contributed by atoms with Crippen molar-refractivity contribution in [3.8, 4) is 0 Å². The van der Waals surface area contributed by atoms with Crippen molar-refractivity contribution in [3.05, 3.63) is 59.4 Å². The third-order valence-electron chi connectivity index (χ3n) is 4.79. The predicted molar refractivity (Wildman–Crippen MR) is 123 cm³/mol. The number of para-hydroxylation sites is 1. The highest BCUT2D eigenvalue weighted by Crippen LogP contribution is 2.35. The lowest BCUT2D eigenvalue weighted by Gasteiger charge is -2.19. The Hall–Kier alpha value is -4.08. The largest absolute Gasteiger partial charge is 0.421 e. The summed E-state index contributed by atoms with van der Waals surface area (Å²) in [5.74, 6) is -2.74. The number of hydrogen-bond acceptors (Lipinski definition) is 9. The molecule has 0 aliphatic heterocycles. The lowest BCUT2D eigenvalue weighted by Crippen LogP contribution is -2.27. The van der Waals surface area contributed by atoms with Gasteiger partial charge in [0.1, 0.15) is 22.9 Å². The molecule has 0 aliphatic carbocycles. The molecule has 3 rings (SSSR count). The summed E-state index contributed by atoms with van der Waals surface area (Å²) in [6.07, 6.45) is -0.975. The summed E-state index contributed by atoms with van der Waals surface area (Å²) in [5, 5.41) is 7.24. The highest BCUT2D eigenvalue weighted by Gasteiger charge is 2.35. The number of halogens is 4. The maximum absolute atomic E-state index is 14.4. The molecule has 0 atom stereocenters. The maximum atomic E-state index is 14.4. The van der Waals surface area contributed by atoms with E-state index in [-0.39, 0.29) is 22.8 Å². The van der Waals surface area contributed by atoms with Gasteiger partial charge in [-0.15, -0.1) is 0 Å². The Balaban J connectivity index is 1.98. The molecular formula is C20H20F4N8O3S. The first-order chi connectivity index (χ1) is 16.8. The first-order valence-electron chi connectivity index (χ1n) is 10.0. The zero-order chi connectivity index (χ0) is 26.7. The van der Waals surface area contributed by atoms with Crippen molar-refractivity contribution in [2.24, 2.45) is 0 Å². The van der Waals surface area contributed by atoms with Crippen molar-refractivity contribution >= 4 is 39.2 Å². The number of benzene rings is 1.